The molecule has 1 N–H and O–H groups in total. The van der Waals surface area contributed by atoms with Gasteiger partial charge in [-0.3, -0.25) is 9.78 Å². The molecule has 1 amide bonds. The van der Waals surface area contributed by atoms with Gasteiger partial charge in [-0.25, -0.2) is 0 Å². The molecule has 1 saturated heterocycles. The minimum absolute atomic E-state index is 0.179. The molecular formula is C14H20N2O2. The summed E-state index contributed by atoms with van der Waals surface area (Å²) in [5.74, 6) is 0.441. The van der Waals surface area contributed by atoms with Crippen LogP contribution in [0.1, 0.15) is 25.0 Å². The Hall–Kier alpha value is -1.42. The van der Waals surface area contributed by atoms with E-state index in [-0.39, 0.29) is 18.4 Å². The number of hydrogen-bond acceptors (Lipinski definition) is 3. The lowest BCUT2D eigenvalue weighted by molar-refractivity contribution is -0.133. The van der Waals surface area contributed by atoms with Crippen molar-refractivity contribution in [3.8, 4) is 0 Å². The van der Waals surface area contributed by atoms with Crippen molar-refractivity contribution in [3.63, 3.8) is 0 Å². The number of hydrogen-bond donors (Lipinski definition) is 1. The fourth-order valence-electron chi connectivity index (χ4n) is 2.38. The zero-order chi connectivity index (χ0) is 12.8. The normalized spacial score (nSPS) is 19.8. The van der Waals surface area contributed by atoms with Crippen molar-refractivity contribution in [2.24, 2.45) is 5.92 Å². The number of aromatic nitrogens is 1. The second-order valence-electron chi connectivity index (χ2n) is 4.85. The van der Waals surface area contributed by atoms with Crippen molar-refractivity contribution in [1.82, 2.24) is 9.88 Å². The lowest BCUT2D eigenvalue weighted by atomic mass is 9.98. The number of aliphatic hydroxyl groups excluding tert-OH is 1. The van der Waals surface area contributed by atoms with Gasteiger partial charge in [-0.2, -0.15) is 0 Å². The lowest BCUT2D eigenvalue weighted by Gasteiger charge is -2.31. The zero-order valence-electron chi connectivity index (χ0n) is 10.6. The van der Waals surface area contributed by atoms with Crippen molar-refractivity contribution >= 4 is 5.91 Å². The summed E-state index contributed by atoms with van der Waals surface area (Å²) >= 11 is 0. The predicted molar refractivity (Wildman–Crippen MR) is 68.9 cm³/mol. The Balaban J connectivity index is 1.81. The van der Waals surface area contributed by atoms with Gasteiger partial charge in [0.1, 0.15) is 0 Å². The monoisotopic (exact) mass is 248 g/mol. The van der Waals surface area contributed by atoms with Crippen LogP contribution in [-0.4, -0.2) is 40.6 Å². The van der Waals surface area contributed by atoms with Crippen LogP contribution in [0.15, 0.2) is 24.4 Å². The molecule has 1 fully saturated rings. The Kier molecular flexibility index (Phi) is 4.70. The van der Waals surface area contributed by atoms with E-state index < -0.39 is 0 Å². The Morgan fingerprint density at radius 3 is 3.11 bits per heavy atom. The van der Waals surface area contributed by atoms with Gasteiger partial charge in [0.15, 0.2) is 0 Å². The SMILES string of the molecule is O=C(CCc1ccccn1)N1CCCC(CO)C1. The van der Waals surface area contributed by atoms with Gasteiger partial charge in [0.05, 0.1) is 0 Å². The molecule has 18 heavy (non-hydrogen) atoms. The molecule has 0 spiro atoms. The van der Waals surface area contributed by atoms with Crippen LogP contribution in [0.4, 0.5) is 0 Å². The van der Waals surface area contributed by atoms with Crippen molar-refractivity contribution < 1.29 is 9.90 Å². The van der Waals surface area contributed by atoms with E-state index in [0.29, 0.717) is 19.4 Å². The molecule has 1 unspecified atom stereocenters. The number of aliphatic hydroxyl groups is 1. The molecule has 2 rings (SSSR count). The Morgan fingerprint density at radius 1 is 1.50 bits per heavy atom. The maximum atomic E-state index is 12.0. The first-order valence-electron chi connectivity index (χ1n) is 6.58. The summed E-state index contributed by atoms with van der Waals surface area (Å²) in [6, 6.07) is 5.76. The third kappa shape index (κ3) is 3.53. The van der Waals surface area contributed by atoms with E-state index in [9.17, 15) is 4.79 Å². The van der Waals surface area contributed by atoms with Crippen LogP contribution in [0.3, 0.4) is 0 Å². The average Bonchev–Trinajstić information content (AvgIpc) is 2.46. The highest BCUT2D eigenvalue weighted by Gasteiger charge is 2.22. The number of nitrogens with zero attached hydrogens (tertiary/aromatic N) is 2. The van der Waals surface area contributed by atoms with Crippen molar-refractivity contribution in [2.45, 2.75) is 25.7 Å². The molecule has 1 atom stereocenters. The largest absolute Gasteiger partial charge is 0.396 e. The van der Waals surface area contributed by atoms with Gasteiger partial charge in [-0.05, 0) is 37.3 Å². The van der Waals surface area contributed by atoms with Gasteiger partial charge in [-0.15, -0.1) is 0 Å². The molecule has 1 aliphatic rings. The summed E-state index contributed by atoms with van der Waals surface area (Å²) in [5.41, 5.74) is 0.960. The first-order valence-corrected chi connectivity index (χ1v) is 6.58. The van der Waals surface area contributed by atoms with Crippen LogP contribution < -0.4 is 0 Å². The van der Waals surface area contributed by atoms with E-state index in [1.54, 1.807) is 6.20 Å². The van der Waals surface area contributed by atoms with Crippen LogP contribution in [0.5, 0.6) is 0 Å². The molecule has 0 aromatic carbocycles. The maximum Gasteiger partial charge on any atom is 0.222 e. The molecule has 1 aromatic rings. The van der Waals surface area contributed by atoms with Crippen LogP contribution >= 0.6 is 0 Å². The lowest BCUT2D eigenvalue weighted by Crippen LogP contribution is -2.41. The van der Waals surface area contributed by atoms with Crippen molar-refractivity contribution in [1.29, 1.82) is 0 Å². The van der Waals surface area contributed by atoms with Crippen LogP contribution in [0.2, 0.25) is 0 Å². The standard InChI is InChI=1S/C14H20N2O2/c17-11-12-4-3-9-16(10-12)14(18)7-6-13-5-1-2-8-15-13/h1-2,5,8,12,17H,3-4,6-7,9-11H2. The fraction of sp³-hybridized carbons (Fsp3) is 0.571. The van der Waals surface area contributed by atoms with E-state index in [0.717, 1.165) is 25.1 Å². The van der Waals surface area contributed by atoms with Crippen molar-refractivity contribution in [2.75, 3.05) is 19.7 Å². The maximum absolute atomic E-state index is 12.0. The second kappa shape index (κ2) is 6.50. The fourth-order valence-corrected chi connectivity index (χ4v) is 2.38. The second-order valence-corrected chi connectivity index (χ2v) is 4.85. The quantitative estimate of drug-likeness (QED) is 0.872. The summed E-state index contributed by atoms with van der Waals surface area (Å²) in [7, 11) is 0. The van der Waals surface area contributed by atoms with Gasteiger partial charge < -0.3 is 10.0 Å². The molecule has 4 nitrogen and oxygen atoms in total. The summed E-state index contributed by atoms with van der Waals surface area (Å²) in [6.45, 7) is 1.72. The Bertz CT molecular complexity index is 381. The Labute approximate surface area is 108 Å². The van der Waals surface area contributed by atoms with E-state index in [1.807, 2.05) is 23.1 Å². The van der Waals surface area contributed by atoms with Gasteiger partial charge in [0.25, 0.3) is 0 Å². The van der Waals surface area contributed by atoms with Crippen LogP contribution in [0.25, 0.3) is 0 Å². The van der Waals surface area contributed by atoms with Gasteiger partial charge in [-0.1, -0.05) is 6.07 Å². The summed E-state index contributed by atoms with van der Waals surface area (Å²) in [4.78, 5) is 18.1. The first kappa shape index (κ1) is 13.0. The molecule has 0 radical (unpaired) electrons. The molecule has 0 aliphatic carbocycles. The topological polar surface area (TPSA) is 53.4 Å². The number of piperidine rings is 1. The minimum atomic E-state index is 0.179. The van der Waals surface area contributed by atoms with Gasteiger partial charge in [0, 0.05) is 38.0 Å². The molecule has 0 bridgehead atoms. The number of likely N-dealkylation sites (tertiary alicyclic amines) is 1. The number of carbonyl (C=O) groups is 1. The molecule has 2 heterocycles. The highest BCUT2D eigenvalue weighted by atomic mass is 16.3. The molecule has 1 aromatic heterocycles. The van der Waals surface area contributed by atoms with Crippen LogP contribution in [-0.2, 0) is 11.2 Å². The van der Waals surface area contributed by atoms with E-state index in [4.69, 9.17) is 5.11 Å². The molecule has 98 valence electrons. The van der Waals surface area contributed by atoms with Crippen LogP contribution in [0, 0.1) is 5.92 Å². The summed E-state index contributed by atoms with van der Waals surface area (Å²) in [6.07, 6.45) is 4.98. The first-order chi connectivity index (χ1) is 8.79. The summed E-state index contributed by atoms with van der Waals surface area (Å²) in [5, 5.41) is 9.15. The number of carbonyl (C=O) groups excluding carboxylic acids is 1. The van der Waals surface area contributed by atoms with E-state index >= 15 is 0 Å². The number of rotatable bonds is 4. The summed E-state index contributed by atoms with van der Waals surface area (Å²) < 4.78 is 0. The number of aryl methyl sites for hydroxylation is 1. The highest BCUT2D eigenvalue weighted by Crippen LogP contribution is 2.16. The number of amides is 1. The molecule has 1 aliphatic heterocycles. The predicted octanol–water partition coefficient (Wildman–Crippen LogP) is 1.25. The molecule has 0 saturated carbocycles. The van der Waals surface area contributed by atoms with E-state index in [2.05, 4.69) is 4.98 Å². The molecule has 4 heteroatoms. The third-order valence-electron chi connectivity index (χ3n) is 3.45. The third-order valence-corrected chi connectivity index (χ3v) is 3.45. The molecular weight excluding hydrogens is 228 g/mol. The minimum Gasteiger partial charge on any atom is -0.396 e. The van der Waals surface area contributed by atoms with Crippen molar-refractivity contribution in [3.05, 3.63) is 30.1 Å². The van der Waals surface area contributed by atoms with E-state index in [1.165, 1.54) is 0 Å². The zero-order valence-corrected chi connectivity index (χ0v) is 10.6. The van der Waals surface area contributed by atoms with Gasteiger partial charge in [0.2, 0.25) is 5.91 Å². The number of pyridine rings is 1. The highest BCUT2D eigenvalue weighted by molar-refractivity contribution is 5.76. The average molecular weight is 248 g/mol. The Morgan fingerprint density at radius 2 is 2.39 bits per heavy atom. The van der Waals surface area contributed by atoms with Gasteiger partial charge >= 0.3 is 0 Å². The smallest absolute Gasteiger partial charge is 0.222 e.